The van der Waals surface area contributed by atoms with Gasteiger partial charge in [0.1, 0.15) is 30.3 Å². The molecule has 4 aromatic rings. The number of aliphatic hydroxyl groups is 1. The van der Waals surface area contributed by atoms with E-state index in [0.717, 1.165) is 51.6 Å². The van der Waals surface area contributed by atoms with Crippen LogP contribution in [0.4, 0.5) is 11.4 Å². The molecule has 2 N–H and O–H groups in total. The number of aliphatic hydroxyl groups excluding tert-OH is 1. The largest absolute Gasteiger partial charge is 0.506 e. The highest BCUT2D eigenvalue weighted by atomic mass is 35.5. The number of fused-ring (bicyclic) bond motifs is 6. The molecule has 3 aliphatic rings. The molecule has 2 aromatic heterocycles. The Morgan fingerprint density at radius 1 is 0.797 bits per heavy atom. The average molecular weight is 892 g/mol. The monoisotopic (exact) mass is 890 g/mol. The van der Waals surface area contributed by atoms with E-state index < -0.39 is 55.2 Å². The smallest absolute Gasteiger partial charge is 0.303 e. The fourth-order valence-electron chi connectivity index (χ4n) is 8.39. The lowest BCUT2D eigenvalue weighted by Gasteiger charge is -2.42. The van der Waals surface area contributed by atoms with Gasteiger partial charge in [-0.2, -0.15) is 0 Å². The van der Waals surface area contributed by atoms with E-state index in [4.69, 9.17) is 46.9 Å². The van der Waals surface area contributed by atoms with E-state index in [-0.39, 0.29) is 66.8 Å². The first-order valence-corrected chi connectivity index (χ1v) is 21.9. The van der Waals surface area contributed by atoms with Crippen LogP contribution in [0.25, 0.3) is 20.2 Å². The average Bonchev–Trinajstić information content (AvgIpc) is 3.96. The number of carbonyl (C=O) groups is 5. The van der Waals surface area contributed by atoms with Crippen molar-refractivity contribution in [2.75, 3.05) is 41.3 Å². The number of nitrogens with zero attached hydrogens (tertiary/aromatic N) is 2. The van der Waals surface area contributed by atoms with Gasteiger partial charge in [0.05, 0.1) is 20.8 Å². The number of phenolic OH excluding ortho intramolecular Hbond substituents is 1. The molecule has 0 unspecified atom stereocenters. The van der Waals surface area contributed by atoms with E-state index in [1.54, 1.807) is 21.9 Å². The van der Waals surface area contributed by atoms with Crippen LogP contribution >= 0.6 is 45.9 Å². The summed E-state index contributed by atoms with van der Waals surface area (Å²) in [7, 11) is 0. The molecule has 0 radical (unpaired) electrons. The molecule has 7 rings (SSSR count). The summed E-state index contributed by atoms with van der Waals surface area (Å²) in [6.45, 7) is 7.63. The highest BCUT2D eigenvalue weighted by molar-refractivity contribution is 7.18. The number of halogens is 2. The van der Waals surface area contributed by atoms with Gasteiger partial charge in [-0.3, -0.25) is 24.0 Å². The number of thiophene rings is 2. The Labute approximate surface area is 357 Å². The number of alkyl halides is 2. The molecule has 14 nitrogen and oxygen atoms in total. The second kappa shape index (κ2) is 17.4. The van der Waals surface area contributed by atoms with Gasteiger partial charge in [-0.15, -0.1) is 45.9 Å². The first-order valence-electron chi connectivity index (χ1n) is 19.1. The Kier molecular flexibility index (Phi) is 12.7. The maximum absolute atomic E-state index is 14.1. The van der Waals surface area contributed by atoms with Crippen LogP contribution < -0.4 is 14.5 Å². The van der Waals surface area contributed by atoms with Crippen molar-refractivity contribution in [2.24, 2.45) is 0 Å². The number of benzene rings is 2. The maximum atomic E-state index is 14.1. The number of hydrogen-bond acceptors (Lipinski definition) is 14. The minimum absolute atomic E-state index is 0.0480. The molecule has 18 heteroatoms. The number of amides is 2. The van der Waals surface area contributed by atoms with Gasteiger partial charge in [-0.05, 0) is 53.3 Å². The molecule has 1 fully saturated rings. The van der Waals surface area contributed by atoms with Crippen molar-refractivity contribution in [3.63, 3.8) is 0 Å². The van der Waals surface area contributed by atoms with Crippen LogP contribution in [0.3, 0.4) is 0 Å². The van der Waals surface area contributed by atoms with Gasteiger partial charge in [0, 0.05) is 93.2 Å². The molecule has 3 aliphatic heterocycles. The number of anilines is 2. The summed E-state index contributed by atoms with van der Waals surface area (Å²) < 4.78 is 30.0. The zero-order valence-corrected chi connectivity index (χ0v) is 36.1. The Hall–Kier alpha value is -4.19. The second-order valence-electron chi connectivity index (χ2n) is 15.0. The zero-order chi connectivity index (χ0) is 42.4. The second-order valence-corrected chi connectivity index (χ2v) is 17.4. The van der Waals surface area contributed by atoms with Gasteiger partial charge in [-0.1, -0.05) is 0 Å². The van der Waals surface area contributed by atoms with E-state index in [0.29, 0.717) is 28.5 Å². The van der Waals surface area contributed by atoms with Crippen LogP contribution in [0.1, 0.15) is 74.1 Å². The van der Waals surface area contributed by atoms with E-state index >= 15 is 0 Å². The Morgan fingerprint density at radius 2 is 1.32 bits per heavy atom. The van der Waals surface area contributed by atoms with Crippen molar-refractivity contribution >= 4 is 107 Å². The van der Waals surface area contributed by atoms with Crippen LogP contribution in [0.15, 0.2) is 22.9 Å². The summed E-state index contributed by atoms with van der Waals surface area (Å²) in [6, 6.07) is 3.32. The summed E-state index contributed by atoms with van der Waals surface area (Å²) in [5.41, 5.74) is 4.94. The molecule has 2 amide bonds. The number of rotatable bonds is 12. The molecular formula is C41H44Cl2N2O12S2. The molecular weight excluding hydrogens is 847 g/mol. The van der Waals surface area contributed by atoms with E-state index in [9.17, 15) is 34.2 Å². The third-order valence-corrected chi connectivity index (χ3v) is 13.9. The number of phenols is 1. The van der Waals surface area contributed by atoms with Crippen LogP contribution in [0.5, 0.6) is 11.5 Å². The quantitative estimate of drug-likeness (QED) is 0.0894. The molecule has 2 aromatic carbocycles. The Morgan fingerprint density at radius 3 is 1.86 bits per heavy atom. The molecule has 0 aliphatic carbocycles. The van der Waals surface area contributed by atoms with Gasteiger partial charge in [-0.25, -0.2) is 0 Å². The molecule has 5 heterocycles. The number of aromatic hydroxyl groups is 1. The molecule has 1 saturated heterocycles. The van der Waals surface area contributed by atoms with Gasteiger partial charge < -0.3 is 43.7 Å². The fraction of sp³-hybridized carbons (Fsp3) is 0.488. The minimum atomic E-state index is -1.64. The lowest BCUT2D eigenvalue weighted by Crippen LogP contribution is -2.62. The van der Waals surface area contributed by atoms with Crippen molar-refractivity contribution in [3.05, 3.63) is 45.1 Å². The van der Waals surface area contributed by atoms with Crippen molar-refractivity contribution in [3.8, 4) is 11.5 Å². The molecule has 0 spiro atoms. The SMILES string of the molecule is CC(=O)OC[C@H]1O[C@@H](Oc2cc3c(c4c(C)csc24)[C@H](CCl)CN3C(=O)CCCC(=O)N2C[C@@H](CCl)c3c2cc(O)c2scc(C)c32)[C@H](OC(C)=O)[C@@H](O)[C@@H]1OC(C)=O. The molecule has 59 heavy (non-hydrogen) atoms. The van der Waals surface area contributed by atoms with E-state index in [2.05, 4.69) is 0 Å². The van der Waals surface area contributed by atoms with E-state index in [1.165, 1.54) is 29.6 Å². The zero-order valence-electron chi connectivity index (χ0n) is 33.0. The number of esters is 3. The third kappa shape index (κ3) is 8.19. The topological polar surface area (TPSA) is 178 Å². The minimum Gasteiger partial charge on any atom is -0.506 e. The van der Waals surface area contributed by atoms with E-state index in [1.807, 2.05) is 24.6 Å². The number of aryl methyl sites for hydroxylation is 2. The van der Waals surface area contributed by atoms with Crippen molar-refractivity contribution in [1.82, 2.24) is 0 Å². The maximum Gasteiger partial charge on any atom is 0.303 e. The lowest BCUT2D eigenvalue weighted by atomic mass is 9.96. The summed E-state index contributed by atoms with van der Waals surface area (Å²) in [5, 5.41) is 27.9. The van der Waals surface area contributed by atoms with Crippen LogP contribution in [-0.4, -0.2) is 102 Å². The number of carbonyl (C=O) groups excluding carboxylic acids is 5. The number of hydrogen-bond donors (Lipinski definition) is 2. The van der Waals surface area contributed by atoms with Gasteiger partial charge >= 0.3 is 17.9 Å². The molecule has 0 saturated carbocycles. The third-order valence-electron chi connectivity index (χ3n) is 10.9. The van der Waals surface area contributed by atoms with Crippen LogP contribution in [0, 0.1) is 13.8 Å². The van der Waals surface area contributed by atoms with Crippen LogP contribution in [-0.2, 0) is 42.9 Å². The normalized spacial score (nSPS) is 23.6. The highest BCUT2D eigenvalue weighted by Crippen LogP contribution is 2.51. The summed E-state index contributed by atoms with van der Waals surface area (Å²) in [6.07, 6.45) is -6.78. The van der Waals surface area contributed by atoms with Gasteiger partial charge in [0.15, 0.2) is 12.2 Å². The molecule has 0 bridgehead atoms. The standard InChI is InChI=1S/C41H44Cl2N2O12S2/c1-18-16-58-39-27(49)9-25-34(32(18)39)23(11-42)13-44(25)30(50)7-6-8-31(51)45-14-24(12-43)35-26(45)10-28(40-33(35)19(2)17-59-40)56-41-38(55-22(5)48)36(52)37(54-21(4)47)29(57-41)15-53-20(3)46/h9-10,16-17,23-24,29,36-38,41,49,52H,6-8,11-15H2,1-5H3/t23-,24-,29-,36+,37-,38-,41-/m1/s1. The summed E-state index contributed by atoms with van der Waals surface area (Å²) in [5.74, 6) is -1.98. The lowest BCUT2D eigenvalue weighted by molar-refractivity contribution is -0.285. The highest BCUT2D eigenvalue weighted by Gasteiger charge is 2.51. The first kappa shape index (κ1) is 42.9. The fourth-order valence-corrected chi connectivity index (χ4v) is 10.9. The Balaban J connectivity index is 1.14. The molecule has 7 atom stereocenters. The predicted octanol–water partition coefficient (Wildman–Crippen LogP) is 6.54. The Bertz CT molecular complexity index is 2330. The van der Waals surface area contributed by atoms with Gasteiger partial charge in [0.2, 0.25) is 18.1 Å². The van der Waals surface area contributed by atoms with Gasteiger partial charge in [0.25, 0.3) is 0 Å². The summed E-state index contributed by atoms with van der Waals surface area (Å²) in [4.78, 5) is 67.2. The predicted molar refractivity (Wildman–Crippen MR) is 223 cm³/mol. The van der Waals surface area contributed by atoms with Crippen LogP contribution in [0.2, 0.25) is 0 Å². The molecule has 316 valence electrons. The van der Waals surface area contributed by atoms with Crippen molar-refractivity contribution in [2.45, 2.75) is 96.4 Å². The number of ether oxygens (including phenoxy) is 5. The van der Waals surface area contributed by atoms with Crippen molar-refractivity contribution < 1.29 is 57.9 Å². The summed E-state index contributed by atoms with van der Waals surface area (Å²) >= 11 is 15.8. The first-order chi connectivity index (χ1) is 28.1. The van der Waals surface area contributed by atoms with Crippen molar-refractivity contribution in [1.29, 1.82) is 0 Å².